The van der Waals surface area contributed by atoms with Gasteiger partial charge in [-0.25, -0.2) is 9.97 Å². The first-order valence-electron chi connectivity index (χ1n) is 12.8. The van der Waals surface area contributed by atoms with Crippen molar-refractivity contribution < 1.29 is 4.79 Å². The lowest BCUT2D eigenvalue weighted by Crippen LogP contribution is -2.47. The Balaban J connectivity index is 1.16. The minimum atomic E-state index is -0.113. The van der Waals surface area contributed by atoms with Crippen molar-refractivity contribution >= 4 is 23.2 Å². The summed E-state index contributed by atoms with van der Waals surface area (Å²) in [6, 6.07) is 10.0. The van der Waals surface area contributed by atoms with Crippen molar-refractivity contribution in [3.63, 3.8) is 0 Å². The predicted molar refractivity (Wildman–Crippen MR) is 136 cm³/mol. The molecule has 0 radical (unpaired) electrons. The fourth-order valence-electron chi connectivity index (χ4n) is 6.36. The fourth-order valence-corrected chi connectivity index (χ4v) is 6.36. The van der Waals surface area contributed by atoms with Gasteiger partial charge in [-0.05, 0) is 92.3 Å². The summed E-state index contributed by atoms with van der Waals surface area (Å²) in [6.45, 7) is 11.5. The third kappa shape index (κ3) is 4.38. The zero-order valence-electron chi connectivity index (χ0n) is 20.7. The Morgan fingerprint density at radius 2 is 1.82 bits per heavy atom. The first-order valence-corrected chi connectivity index (χ1v) is 12.8. The van der Waals surface area contributed by atoms with Gasteiger partial charge in [-0.1, -0.05) is 20.8 Å². The van der Waals surface area contributed by atoms with Gasteiger partial charge in [-0.15, -0.1) is 0 Å². The van der Waals surface area contributed by atoms with Crippen LogP contribution in [0, 0.1) is 16.7 Å². The van der Waals surface area contributed by atoms with E-state index in [9.17, 15) is 4.79 Å². The number of aromatic nitrogens is 2. The van der Waals surface area contributed by atoms with Crippen LogP contribution in [0.4, 0.5) is 17.3 Å². The number of nitrogens with zero attached hydrogens (tertiary/aromatic N) is 3. The summed E-state index contributed by atoms with van der Waals surface area (Å²) >= 11 is 0. The SMILES string of the molecule is CC1(C)C2CCC1(C)C(NC(=O)c1ccnc(Nc3ccc(NCCN4CCCC4)cc3)n1)C2. The van der Waals surface area contributed by atoms with Gasteiger partial charge in [0.1, 0.15) is 5.69 Å². The molecule has 1 aliphatic heterocycles. The lowest BCUT2D eigenvalue weighted by molar-refractivity contribution is 0.0821. The largest absolute Gasteiger partial charge is 0.384 e. The Bertz CT molecular complexity index is 1020. The van der Waals surface area contributed by atoms with Crippen molar-refractivity contribution in [3.8, 4) is 0 Å². The van der Waals surface area contributed by atoms with Gasteiger partial charge in [0.15, 0.2) is 0 Å². The van der Waals surface area contributed by atoms with E-state index >= 15 is 0 Å². The molecule has 3 N–H and O–H groups in total. The predicted octanol–water partition coefficient (Wildman–Crippen LogP) is 4.67. The minimum Gasteiger partial charge on any atom is -0.384 e. The molecule has 182 valence electrons. The summed E-state index contributed by atoms with van der Waals surface area (Å²) in [5, 5.41) is 10.0. The van der Waals surface area contributed by atoms with E-state index in [2.05, 4.69) is 63.7 Å². The Kier molecular flexibility index (Phi) is 6.23. The number of likely N-dealkylation sites (tertiary alicyclic amines) is 1. The van der Waals surface area contributed by atoms with Gasteiger partial charge in [-0.3, -0.25) is 4.79 Å². The number of hydrogen-bond acceptors (Lipinski definition) is 6. The van der Waals surface area contributed by atoms with Crippen molar-refractivity contribution in [2.75, 3.05) is 36.8 Å². The molecule has 2 bridgehead atoms. The van der Waals surface area contributed by atoms with E-state index in [4.69, 9.17) is 0 Å². The van der Waals surface area contributed by atoms with Crippen LogP contribution in [0.5, 0.6) is 0 Å². The minimum absolute atomic E-state index is 0.113. The number of rotatable bonds is 8. The van der Waals surface area contributed by atoms with E-state index in [0.717, 1.165) is 30.9 Å². The average molecular weight is 463 g/mol. The Labute approximate surface area is 203 Å². The van der Waals surface area contributed by atoms with Gasteiger partial charge in [0, 0.05) is 36.7 Å². The number of hydrogen-bond donors (Lipinski definition) is 3. The topological polar surface area (TPSA) is 82.2 Å². The Morgan fingerprint density at radius 1 is 1.09 bits per heavy atom. The first kappa shape index (κ1) is 23.1. The summed E-state index contributed by atoms with van der Waals surface area (Å²) in [6.07, 6.45) is 7.79. The van der Waals surface area contributed by atoms with Gasteiger partial charge in [0.2, 0.25) is 5.95 Å². The summed E-state index contributed by atoms with van der Waals surface area (Å²) in [4.78, 5) is 24.3. The third-order valence-electron chi connectivity index (χ3n) is 9.08. The molecule has 1 amide bonds. The van der Waals surface area contributed by atoms with Gasteiger partial charge in [0.25, 0.3) is 5.91 Å². The monoisotopic (exact) mass is 462 g/mol. The third-order valence-corrected chi connectivity index (χ3v) is 9.08. The number of anilines is 3. The van der Waals surface area contributed by atoms with Crippen molar-refractivity contribution in [1.82, 2.24) is 20.2 Å². The summed E-state index contributed by atoms with van der Waals surface area (Å²) in [5.41, 5.74) is 2.80. The lowest BCUT2D eigenvalue weighted by Gasteiger charge is -2.39. The van der Waals surface area contributed by atoms with E-state index in [1.54, 1.807) is 12.3 Å². The Hall–Kier alpha value is -2.67. The lowest BCUT2D eigenvalue weighted by atomic mass is 9.69. The van der Waals surface area contributed by atoms with Crippen molar-refractivity contribution in [1.29, 1.82) is 0 Å². The average Bonchev–Trinajstić information content (AvgIpc) is 3.47. The number of fused-ring (bicyclic) bond motifs is 2. The smallest absolute Gasteiger partial charge is 0.270 e. The van der Waals surface area contributed by atoms with E-state index in [1.807, 2.05) is 12.1 Å². The molecule has 2 aromatic rings. The van der Waals surface area contributed by atoms with Gasteiger partial charge >= 0.3 is 0 Å². The second-order valence-corrected chi connectivity index (χ2v) is 11.1. The molecule has 5 rings (SSSR count). The quantitative estimate of drug-likeness (QED) is 0.529. The molecule has 1 saturated heterocycles. The summed E-state index contributed by atoms with van der Waals surface area (Å²) in [7, 11) is 0. The molecule has 2 saturated carbocycles. The van der Waals surface area contributed by atoms with Gasteiger partial charge in [0.05, 0.1) is 0 Å². The second kappa shape index (κ2) is 9.17. The zero-order valence-corrected chi connectivity index (χ0v) is 20.7. The molecular weight excluding hydrogens is 424 g/mol. The van der Waals surface area contributed by atoms with Crippen LogP contribution in [0.2, 0.25) is 0 Å². The van der Waals surface area contributed by atoms with Crippen LogP contribution in [-0.4, -0.2) is 53.0 Å². The number of amides is 1. The van der Waals surface area contributed by atoms with Crippen LogP contribution in [0.25, 0.3) is 0 Å². The van der Waals surface area contributed by atoms with Crippen molar-refractivity contribution in [2.45, 2.75) is 58.9 Å². The maximum absolute atomic E-state index is 13.0. The van der Waals surface area contributed by atoms with Crippen LogP contribution in [-0.2, 0) is 0 Å². The second-order valence-electron chi connectivity index (χ2n) is 11.1. The van der Waals surface area contributed by atoms with Gasteiger partial charge < -0.3 is 20.9 Å². The van der Waals surface area contributed by atoms with Crippen LogP contribution >= 0.6 is 0 Å². The van der Waals surface area contributed by atoms with E-state index in [-0.39, 0.29) is 22.8 Å². The fraction of sp³-hybridized carbons (Fsp3) is 0.593. The highest BCUT2D eigenvalue weighted by atomic mass is 16.2. The highest BCUT2D eigenvalue weighted by molar-refractivity contribution is 5.92. The molecule has 7 nitrogen and oxygen atoms in total. The molecule has 3 unspecified atom stereocenters. The molecule has 7 heteroatoms. The number of benzene rings is 1. The van der Waals surface area contributed by atoms with E-state index < -0.39 is 0 Å². The summed E-state index contributed by atoms with van der Waals surface area (Å²) < 4.78 is 0. The number of carbonyl (C=O) groups is 1. The maximum atomic E-state index is 13.0. The van der Waals surface area contributed by atoms with Crippen LogP contribution in [0.3, 0.4) is 0 Å². The Morgan fingerprint density at radius 3 is 2.50 bits per heavy atom. The van der Waals surface area contributed by atoms with E-state index in [0.29, 0.717) is 17.6 Å². The highest BCUT2D eigenvalue weighted by Crippen LogP contribution is 2.65. The maximum Gasteiger partial charge on any atom is 0.270 e. The molecule has 3 fully saturated rings. The normalized spacial score (nSPS) is 27.6. The van der Waals surface area contributed by atoms with Crippen LogP contribution in [0.1, 0.15) is 63.4 Å². The molecule has 3 aliphatic rings. The molecule has 3 atom stereocenters. The van der Waals surface area contributed by atoms with E-state index in [1.165, 1.54) is 38.8 Å². The van der Waals surface area contributed by atoms with Crippen molar-refractivity contribution in [2.24, 2.45) is 16.7 Å². The molecule has 1 aromatic carbocycles. The number of carbonyl (C=O) groups excluding carboxylic acids is 1. The summed E-state index contributed by atoms with van der Waals surface area (Å²) in [5.74, 6) is 1.00. The zero-order chi connectivity index (χ0) is 23.8. The standard InChI is InChI=1S/C27H38N6O/c1-26(2)19-10-12-27(26,3)23(18-19)32-24(34)22-11-13-29-25(31-22)30-21-8-6-20(7-9-21)28-14-17-33-15-4-5-16-33/h6-9,11,13,19,23,28H,4-5,10,12,14-18H2,1-3H3,(H,32,34)(H,29,30,31). The van der Waals surface area contributed by atoms with Crippen molar-refractivity contribution in [3.05, 3.63) is 42.2 Å². The molecule has 2 aliphatic carbocycles. The molecular formula is C27H38N6O. The first-order chi connectivity index (χ1) is 16.3. The number of nitrogens with one attached hydrogen (secondary N) is 3. The molecule has 1 aromatic heterocycles. The van der Waals surface area contributed by atoms with Crippen LogP contribution < -0.4 is 16.0 Å². The molecule has 2 heterocycles. The van der Waals surface area contributed by atoms with Crippen LogP contribution in [0.15, 0.2) is 36.5 Å². The highest BCUT2D eigenvalue weighted by Gasteiger charge is 2.61. The molecule has 34 heavy (non-hydrogen) atoms. The van der Waals surface area contributed by atoms with Gasteiger partial charge in [-0.2, -0.15) is 0 Å². The molecule has 0 spiro atoms.